The van der Waals surface area contributed by atoms with E-state index in [2.05, 4.69) is 38.3 Å². The van der Waals surface area contributed by atoms with Crippen LogP contribution in [0.4, 0.5) is 4.79 Å². The van der Waals surface area contributed by atoms with Crippen molar-refractivity contribution in [2.24, 2.45) is 52.3 Å². The van der Waals surface area contributed by atoms with E-state index in [1.54, 1.807) is 0 Å². The number of aliphatic hydroxyl groups excluding tert-OH is 1. The van der Waals surface area contributed by atoms with Crippen LogP contribution in [0.5, 0.6) is 0 Å². The fourth-order valence-electron chi connectivity index (χ4n) is 12.3. The van der Waals surface area contributed by atoms with Crippen LogP contribution in [-0.4, -0.2) is 66.4 Å². The summed E-state index contributed by atoms with van der Waals surface area (Å²) < 4.78 is 6.86. The zero-order valence-electron chi connectivity index (χ0n) is 28.3. The Kier molecular flexibility index (Phi) is 9.94. The summed E-state index contributed by atoms with van der Waals surface area (Å²) in [5.74, 6) is 4.78. The van der Waals surface area contributed by atoms with Crippen LogP contribution in [0.25, 0.3) is 0 Å². The lowest BCUT2D eigenvalue weighted by atomic mass is 9.44. The molecule has 5 aliphatic carbocycles. The van der Waals surface area contributed by atoms with Crippen molar-refractivity contribution in [1.82, 2.24) is 15.5 Å². The minimum Gasteiger partial charge on any atom is -0.396 e. The number of nitrogens with one attached hydrogen (secondary N) is 2. The van der Waals surface area contributed by atoms with Crippen molar-refractivity contribution < 1.29 is 19.4 Å². The second kappa shape index (κ2) is 13.4. The maximum atomic E-state index is 13.6. The molecular weight excluding hydrogens is 550 g/mol. The lowest BCUT2D eigenvalue weighted by Gasteiger charge is -2.61. The van der Waals surface area contributed by atoms with Crippen molar-refractivity contribution in [1.29, 1.82) is 0 Å². The summed E-state index contributed by atoms with van der Waals surface area (Å²) in [5.41, 5.74) is 0.786. The van der Waals surface area contributed by atoms with Crippen LogP contribution >= 0.6 is 0 Å². The highest BCUT2D eigenvalue weighted by atomic mass is 16.5. The van der Waals surface area contributed by atoms with Crippen LogP contribution in [0.2, 0.25) is 0 Å². The third-order valence-corrected chi connectivity index (χ3v) is 14.7. The fraction of sp³-hybridized carbons (Fsp3) is 0.946. The van der Waals surface area contributed by atoms with Crippen molar-refractivity contribution in [3.05, 3.63) is 0 Å². The fourth-order valence-corrected chi connectivity index (χ4v) is 12.3. The summed E-state index contributed by atoms with van der Waals surface area (Å²) in [7, 11) is 0. The molecule has 11 unspecified atom stereocenters. The molecule has 250 valence electrons. The van der Waals surface area contributed by atoms with Crippen molar-refractivity contribution >= 4 is 12.4 Å². The molecule has 6 rings (SSSR count). The maximum Gasteiger partial charge on any atom is 0.317 e. The van der Waals surface area contributed by atoms with Gasteiger partial charge in [-0.15, -0.1) is 0 Å². The van der Waals surface area contributed by atoms with Crippen LogP contribution in [0, 0.1) is 52.3 Å². The van der Waals surface area contributed by atoms with E-state index in [4.69, 9.17) is 4.74 Å². The smallest absolute Gasteiger partial charge is 0.317 e. The van der Waals surface area contributed by atoms with Gasteiger partial charge in [0.15, 0.2) is 0 Å². The molecule has 1 aliphatic heterocycles. The first-order chi connectivity index (χ1) is 21.2. The Morgan fingerprint density at radius 3 is 2.55 bits per heavy atom. The van der Waals surface area contributed by atoms with Gasteiger partial charge in [0.25, 0.3) is 0 Å². The SMILES string of the molecule is CC(CO)CCC1OC2CC3C4CCC5C[C@H](NC(=O)N(CCNC=O)C6CCCCC6)CCC5(C)C4CCC3(C)C2C1C. The molecule has 0 radical (unpaired) electrons. The Balaban J connectivity index is 1.07. The molecule has 0 bridgehead atoms. The van der Waals surface area contributed by atoms with Gasteiger partial charge in [0.05, 0.1) is 12.2 Å². The molecule has 0 aromatic carbocycles. The molecular formula is C37H63N3O4. The molecule has 5 saturated carbocycles. The normalized spacial score (nSPS) is 44.1. The summed E-state index contributed by atoms with van der Waals surface area (Å²) in [6.45, 7) is 11.3. The van der Waals surface area contributed by atoms with Crippen molar-refractivity contribution in [2.45, 2.75) is 148 Å². The molecule has 3 amide bonds. The quantitative estimate of drug-likeness (QED) is 0.193. The Hall–Kier alpha value is -1.34. The van der Waals surface area contributed by atoms with E-state index in [0.717, 1.165) is 62.7 Å². The first kappa shape index (κ1) is 32.6. The van der Waals surface area contributed by atoms with Crippen molar-refractivity contribution in [3.8, 4) is 0 Å². The summed E-state index contributed by atoms with van der Waals surface area (Å²) in [6.07, 6.45) is 19.6. The van der Waals surface area contributed by atoms with E-state index in [1.165, 1.54) is 57.8 Å². The lowest BCUT2D eigenvalue weighted by Crippen LogP contribution is -2.57. The van der Waals surface area contributed by atoms with Crippen LogP contribution < -0.4 is 10.6 Å². The maximum absolute atomic E-state index is 13.6. The average molecular weight is 614 g/mol. The van der Waals surface area contributed by atoms with Crippen molar-refractivity contribution in [2.75, 3.05) is 19.7 Å². The molecule has 7 heteroatoms. The summed E-state index contributed by atoms with van der Waals surface area (Å²) >= 11 is 0. The highest BCUT2D eigenvalue weighted by Gasteiger charge is 2.65. The minimum atomic E-state index is 0.0936. The minimum absolute atomic E-state index is 0.0936. The third-order valence-electron chi connectivity index (χ3n) is 14.7. The number of hydrogen-bond acceptors (Lipinski definition) is 4. The average Bonchev–Trinajstić information content (AvgIpc) is 3.51. The molecule has 12 atom stereocenters. The first-order valence-electron chi connectivity index (χ1n) is 18.7. The molecule has 6 aliphatic rings. The van der Waals surface area contributed by atoms with Crippen LogP contribution in [0.15, 0.2) is 0 Å². The van der Waals surface area contributed by atoms with E-state index in [0.29, 0.717) is 65.8 Å². The number of carbonyl (C=O) groups is 2. The second-order valence-corrected chi connectivity index (χ2v) is 16.9. The number of carbonyl (C=O) groups excluding carboxylic acids is 2. The van der Waals surface area contributed by atoms with Gasteiger partial charge in [-0.1, -0.05) is 47.0 Å². The zero-order chi connectivity index (χ0) is 31.1. The highest BCUT2D eigenvalue weighted by Crippen LogP contribution is 2.70. The van der Waals surface area contributed by atoms with Gasteiger partial charge in [-0.05, 0) is 129 Å². The Bertz CT molecular complexity index is 1000. The largest absolute Gasteiger partial charge is 0.396 e. The predicted molar refractivity (Wildman–Crippen MR) is 174 cm³/mol. The molecule has 1 saturated heterocycles. The third kappa shape index (κ3) is 5.95. The summed E-state index contributed by atoms with van der Waals surface area (Å²) in [4.78, 5) is 26.6. The van der Waals surface area contributed by atoms with Gasteiger partial charge in [0.1, 0.15) is 0 Å². The van der Waals surface area contributed by atoms with E-state index in [9.17, 15) is 14.7 Å². The summed E-state index contributed by atoms with van der Waals surface area (Å²) in [6, 6.07) is 0.660. The van der Waals surface area contributed by atoms with Gasteiger partial charge in [-0.3, -0.25) is 4.79 Å². The topological polar surface area (TPSA) is 90.9 Å². The molecule has 0 aromatic rings. The van der Waals surface area contributed by atoms with Gasteiger partial charge < -0.3 is 25.4 Å². The van der Waals surface area contributed by atoms with Crippen LogP contribution in [0.1, 0.15) is 124 Å². The molecule has 3 N–H and O–H groups in total. The summed E-state index contributed by atoms with van der Waals surface area (Å²) in [5, 5.41) is 15.8. The number of urea groups is 1. The number of ether oxygens (including phenoxy) is 1. The van der Waals surface area contributed by atoms with Gasteiger partial charge in [-0.2, -0.15) is 0 Å². The van der Waals surface area contributed by atoms with E-state index < -0.39 is 0 Å². The van der Waals surface area contributed by atoms with Gasteiger partial charge in [0.2, 0.25) is 6.41 Å². The number of amides is 3. The lowest BCUT2D eigenvalue weighted by molar-refractivity contribution is -0.118. The molecule has 7 nitrogen and oxygen atoms in total. The number of rotatable bonds is 10. The molecule has 1 heterocycles. The van der Waals surface area contributed by atoms with E-state index in [-0.39, 0.29) is 18.7 Å². The monoisotopic (exact) mass is 613 g/mol. The second-order valence-electron chi connectivity index (χ2n) is 16.9. The first-order valence-corrected chi connectivity index (χ1v) is 18.7. The van der Waals surface area contributed by atoms with Crippen LogP contribution in [0.3, 0.4) is 0 Å². The number of fused-ring (bicyclic) bond motifs is 7. The highest BCUT2D eigenvalue weighted by molar-refractivity contribution is 5.75. The van der Waals surface area contributed by atoms with Gasteiger partial charge in [-0.25, -0.2) is 4.79 Å². The van der Waals surface area contributed by atoms with Crippen LogP contribution in [-0.2, 0) is 9.53 Å². The number of hydrogen-bond donors (Lipinski definition) is 3. The standard InChI is InChI=1S/C37H63N3O4/c1-24(22-41)10-13-32-25(2)34-33(44-32)21-31-29-12-11-26-20-27(14-16-36(26,3)30(29)15-17-37(31,34)4)39-35(43)40(19-18-38-23-42)28-8-6-5-7-9-28/h23-34,41H,5-22H2,1-4H3,(H,38,42)(H,39,43)/t24?,25?,26?,27-,29?,30?,31?,32?,33?,34?,36?,37?/m1/s1. The zero-order valence-corrected chi connectivity index (χ0v) is 28.3. The van der Waals surface area contributed by atoms with E-state index >= 15 is 0 Å². The Morgan fingerprint density at radius 1 is 1.02 bits per heavy atom. The van der Waals surface area contributed by atoms with E-state index in [1.807, 2.05) is 4.90 Å². The number of nitrogens with zero attached hydrogens (tertiary/aromatic N) is 1. The Morgan fingerprint density at radius 2 is 1.80 bits per heavy atom. The van der Waals surface area contributed by atoms with Crippen molar-refractivity contribution in [3.63, 3.8) is 0 Å². The molecule has 6 fully saturated rings. The van der Waals surface area contributed by atoms with Gasteiger partial charge >= 0.3 is 6.03 Å². The number of aliphatic hydroxyl groups is 1. The molecule has 0 spiro atoms. The molecule has 44 heavy (non-hydrogen) atoms. The predicted octanol–water partition coefficient (Wildman–Crippen LogP) is 6.53. The molecule has 0 aromatic heterocycles. The van der Waals surface area contributed by atoms with Gasteiger partial charge in [0, 0.05) is 31.8 Å². The Labute approximate surface area is 267 Å².